The second-order valence-electron chi connectivity index (χ2n) is 8.19. The van der Waals surface area contributed by atoms with Crippen molar-refractivity contribution in [3.63, 3.8) is 0 Å². The summed E-state index contributed by atoms with van der Waals surface area (Å²) in [6.07, 6.45) is 7.85. The molecule has 3 heterocycles. The van der Waals surface area contributed by atoms with Crippen LogP contribution in [0.25, 0.3) is 0 Å². The predicted molar refractivity (Wildman–Crippen MR) is 98.7 cm³/mol. The highest BCUT2D eigenvalue weighted by Gasteiger charge is 2.35. The Kier molecular flexibility index (Phi) is 4.98. The van der Waals surface area contributed by atoms with E-state index < -0.39 is 0 Å². The molecule has 4 heteroatoms. The van der Waals surface area contributed by atoms with Crippen LogP contribution in [-0.2, 0) is 4.79 Å². The first kappa shape index (κ1) is 16.9. The Morgan fingerprint density at radius 2 is 1.72 bits per heavy atom. The van der Waals surface area contributed by atoms with Gasteiger partial charge in [-0.15, -0.1) is 0 Å². The van der Waals surface area contributed by atoms with Crippen LogP contribution in [0.4, 0.5) is 0 Å². The van der Waals surface area contributed by atoms with Gasteiger partial charge in [-0.3, -0.25) is 4.79 Å². The van der Waals surface area contributed by atoms with Crippen LogP contribution in [0.5, 0.6) is 5.75 Å². The number of carbonyl (C=O) groups excluding carboxylic acids is 1. The second kappa shape index (κ2) is 7.36. The SMILES string of the molecule is Cc1ccc(OC2CCN(C(=O)CC3CC4CCC(C3)N4)CC2)cc1. The summed E-state index contributed by atoms with van der Waals surface area (Å²) in [7, 11) is 0. The number of piperidine rings is 2. The molecule has 2 unspecified atom stereocenters. The number of benzene rings is 1. The number of ether oxygens (including phenoxy) is 1. The van der Waals surface area contributed by atoms with Gasteiger partial charge in [-0.1, -0.05) is 17.7 Å². The number of nitrogens with one attached hydrogen (secondary N) is 1. The third-order valence-electron chi connectivity index (χ3n) is 6.15. The molecule has 0 saturated carbocycles. The number of rotatable bonds is 4. The topological polar surface area (TPSA) is 41.6 Å². The summed E-state index contributed by atoms with van der Waals surface area (Å²) in [5, 5.41) is 3.66. The molecule has 0 radical (unpaired) electrons. The van der Waals surface area contributed by atoms with Gasteiger partial charge >= 0.3 is 0 Å². The Morgan fingerprint density at radius 1 is 1.08 bits per heavy atom. The molecular formula is C21H30N2O2. The Labute approximate surface area is 150 Å². The maximum absolute atomic E-state index is 12.7. The van der Waals surface area contributed by atoms with Gasteiger partial charge in [0.2, 0.25) is 5.91 Å². The van der Waals surface area contributed by atoms with E-state index in [0.29, 0.717) is 23.9 Å². The van der Waals surface area contributed by atoms with Crippen molar-refractivity contribution in [2.24, 2.45) is 5.92 Å². The molecule has 1 aromatic rings. The largest absolute Gasteiger partial charge is 0.490 e. The molecule has 4 nitrogen and oxygen atoms in total. The summed E-state index contributed by atoms with van der Waals surface area (Å²) in [5.74, 6) is 1.90. The Hall–Kier alpha value is -1.55. The zero-order chi connectivity index (χ0) is 17.2. The fourth-order valence-electron chi connectivity index (χ4n) is 4.75. The molecule has 3 aliphatic heterocycles. The molecular weight excluding hydrogens is 312 g/mol. The molecule has 0 aliphatic carbocycles. The summed E-state index contributed by atoms with van der Waals surface area (Å²) < 4.78 is 6.08. The summed E-state index contributed by atoms with van der Waals surface area (Å²) >= 11 is 0. The molecule has 1 amide bonds. The van der Waals surface area contributed by atoms with Crippen LogP contribution in [0.15, 0.2) is 24.3 Å². The summed E-state index contributed by atoms with van der Waals surface area (Å²) in [6.45, 7) is 3.77. The van der Waals surface area contributed by atoms with E-state index >= 15 is 0 Å². The number of hydrogen-bond acceptors (Lipinski definition) is 3. The highest BCUT2D eigenvalue weighted by molar-refractivity contribution is 5.76. The van der Waals surface area contributed by atoms with E-state index in [-0.39, 0.29) is 6.10 Å². The minimum Gasteiger partial charge on any atom is -0.490 e. The van der Waals surface area contributed by atoms with Crippen molar-refractivity contribution >= 4 is 5.91 Å². The summed E-state index contributed by atoms with van der Waals surface area (Å²) in [6, 6.07) is 9.59. The zero-order valence-electron chi connectivity index (χ0n) is 15.2. The van der Waals surface area contributed by atoms with Crippen molar-refractivity contribution in [1.82, 2.24) is 10.2 Å². The van der Waals surface area contributed by atoms with Gasteiger partial charge < -0.3 is 15.0 Å². The summed E-state index contributed by atoms with van der Waals surface area (Å²) in [5.41, 5.74) is 1.25. The normalized spacial score (nSPS) is 29.6. The van der Waals surface area contributed by atoms with Gasteiger partial charge in [-0.25, -0.2) is 0 Å². The van der Waals surface area contributed by atoms with Gasteiger partial charge in [-0.2, -0.15) is 0 Å². The minimum atomic E-state index is 0.237. The first-order chi connectivity index (χ1) is 12.2. The number of amides is 1. The average molecular weight is 342 g/mol. The van der Waals surface area contributed by atoms with Crippen molar-refractivity contribution in [3.05, 3.63) is 29.8 Å². The smallest absolute Gasteiger partial charge is 0.222 e. The number of nitrogens with zero attached hydrogens (tertiary/aromatic N) is 1. The van der Waals surface area contributed by atoms with Crippen LogP contribution in [0.1, 0.15) is 50.5 Å². The predicted octanol–water partition coefficient (Wildman–Crippen LogP) is 3.29. The highest BCUT2D eigenvalue weighted by atomic mass is 16.5. The van der Waals surface area contributed by atoms with E-state index in [1.165, 1.54) is 31.2 Å². The number of likely N-dealkylation sites (tertiary alicyclic amines) is 1. The molecule has 1 N–H and O–H groups in total. The summed E-state index contributed by atoms with van der Waals surface area (Å²) in [4.78, 5) is 14.7. The number of aryl methyl sites for hydroxylation is 1. The first-order valence-corrected chi connectivity index (χ1v) is 9.93. The third-order valence-corrected chi connectivity index (χ3v) is 6.15. The molecule has 25 heavy (non-hydrogen) atoms. The first-order valence-electron chi connectivity index (χ1n) is 9.93. The van der Waals surface area contributed by atoms with Gasteiger partial charge in [0.05, 0.1) is 0 Å². The molecule has 4 rings (SSSR count). The van der Waals surface area contributed by atoms with Crippen LogP contribution in [-0.4, -0.2) is 42.1 Å². The van der Waals surface area contributed by atoms with E-state index in [4.69, 9.17) is 4.74 Å². The van der Waals surface area contributed by atoms with Crippen molar-refractivity contribution in [3.8, 4) is 5.75 Å². The quantitative estimate of drug-likeness (QED) is 0.913. The van der Waals surface area contributed by atoms with Crippen LogP contribution >= 0.6 is 0 Å². The van der Waals surface area contributed by atoms with Gasteiger partial charge in [0.15, 0.2) is 0 Å². The van der Waals surface area contributed by atoms with Gasteiger partial charge in [0.1, 0.15) is 11.9 Å². The third kappa shape index (κ3) is 4.17. The van der Waals surface area contributed by atoms with Crippen molar-refractivity contribution < 1.29 is 9.53 Å². The number of hydrogen-bond donors (Lipinski definition) is 1. The standard InChI is InChI=1S/C21H30N2O2/c1-15-2-6-19(7-3-15)25-20-8-10-23(11-9-20)21(24)14-16-12-17-4-5-18(13-16)22-17/h2-3,6-7,16-18,20,22H,4-5,8-14H2,1H3. The molecule has 3 aliphatic rings. The maximum atomic E-state index is 12.7. The van der Waals surface area contributed by atoms with E-state index in [9.17, 15) is 4.79 Å². The van der Waals surface area contributed by atoms with Crippen molar-refractivity contribution in [2.45, 2.75) is 70.1 Å². The minimum absolute atomic E-state index is 0.237. The molecule has 3 fully saturated rings. The van der Waals surface area contributed by atoms with E-state index in [2.05, 4.69) is 29.3 Å². The Morgan fingerprint density at radius 3 is 2.36 bits per heavy atom. The van der Waals surface area contributed by atoms with E-state index in [1.54, 1.807) is 0 Å². The molecule has 0 spiro atoms. The highest BCUT2D eigenvalue weighted by Crippen LogP contribution is 2.33. The van der Waals surface area contributed by atoms with Gasteiger partial charge in [0, 0.05) is 44.4 Å². The van der Waals surface area contributed by atoms with E-state index in [1.807, 2.05) is 12.1 Å². The molecule has 3 saturated heterocycles. The monoisotopic (exact) mass is 342 g/mol. The van der Waals surface area contributed by atoms with Gasteiger partial charge in [0.25, 0.3) is 0 Å². The van der Waals surface area contributed by atoms with Crippen molar-refractivity contribution in [2.75, 3.05) is 13.1 Å². The zero-order valence-corrected chi connectivity index (χ0v) is 15.2. The lowest BCUT2D eigenvalue weighted by atomic mass is 9.89. The molecule has 0 aromatic heterocycles. The lowest BCUT2D eigenvalue weighted by Gasteiger charge is -2.34. The Balaban J connectivity index is 1.22. The molecule has 136 valence electrons. The molecule has 2 atom stereocenters. The second-order valence-corrected chi connectivity index (χ2v) is 8.19. The fourth-order valence-corrected chi connectivity index (χ4v) is 4.75. The van der Waals surface area contributed by atoms with Crippen LogP contribution < -0.4 is 10.1 Å². The average Bonchev–Trinajstić information content (AvgIpc) is 2.96. The van der Waals surface area contributed by atoms with Crippen LogP contribution in [0, 0.1) is 12.8 Å². The maximum Gasteiger partial charge on any atom is 0.222 e. The van der Waals surface area contributed by atoms with Crippen LogP contribution in [0.2, 0.25) is 0 Å². The number of carbonyl (C=O) groups is 1. The molecule has 1 aromatic carbocycles. The Bertz CT molecular complexity index is 580. The van der Waals surface area contributed by atoms with Crippen LogP contribution in [0.3, 0.4) is 0 Å². The molecule has 2 bridgehead atoms. The fraction of sp³-hybridized carbons (Fsp3) is 0.667. The van der Waals surface area contributed by atoms with E-state index in [0.717, 1.165) is 38.1 Å². The van der Waals surface area contributed by atoms with Crippen molar-refractivity contribution in [1.29, 1.82) is 0 Å². The lowest BCUT2D eigenvalue weighted by molar-refractivity contribution is -0.134. The number of fused-ring (bicyclic) bond motifs is 2. The van der Waals surface area contributed by atoms with Gasteiger partial charge in [-0.05, 0) is 50.7 Å². The lowest BCUT2D eigenvalue weighted by Crippen LogP contribution is -2.44.